The van der Waals surface area contributed by atoms with Crippen LogP contribution in [-0.4, -0.2) is 169 Å². The summed E-state index contributed by atoms with van der Waals surface area (Å²) in [5.41, 5.74) is 11.7. The molecule has 394 valence electrons. The van der Waals surface area contributed by atoms with Crippen molar-refractivity contribution in [1.29, 1.82) is 0 Å². The predicted molar refractivity (Wildman–Crippen MR) is 273 cm³/mol. The lowest BCUT2D eigenvalue weighted by molar-refractivity contribution is -0.143. The van der Waals surface area contributed by atoms with Crippen molar-refractivity contribution in [2.75, 3.05) is 85.0 Å². The Balaban J connectivity index is 0.922. The van der Waals surface area contributed by atoms with Crippen LogP contribution in [0, 0.1) is 0 Å². The minimum absolute atomic E-state index is 0.0732. The highest BCUT2D eigenvalue weighted by Crippen LogP contribution is 2.28. The zero-order chi connectivity index (χ0) is 52.4. The molecule has 6 N–H and O–H groups in total. The molecule has 2 saturated heterocycles. The Kier molecular flexibility index (Phi) is 19.8. The number of primary amides is 1. The van der Waals surface area contributed by atoms with Crippen molar-refractivity contribution in [1.82, 2.24) is 35.3 Å². The number of carbonyl (C=O) groups is 6. The van der Waals surface area contributed by atoms with Gasteiger partial charge in [-0.25, -0.2) is 24.5 Å². The van der Waals surface area contributed by atoms with Gasteiger partial charge in [0, 0.05) is 63.3 Å². The van der Waals surface area contributed by atoms with Crippen molar-refractivity contribution in [3.63, 3.8) is 0 Å². The van der Waals surface area contributed by atoms with Crippen LogP contribution in [0.15, 0.2) is 101 Å². The van der Waals surface area contributed by atoms with Gasteiger partial charge in [-0.1, -0.05) is 42.5 Å². The molecule has 7 amide bonds. The lowest BCUT2D eigenvalue weighted by atomic mass is 10.1. The number of nitrogens with zero attached hydrogens (tertiary/aromatic N) is 7. The van der Waals surface area contributed by atoms with E-state index in [4.69, 9.17) is 34.7 Å². The summed E-state index contributed by atoms with van der Waals surface area (Å²) in [6, 6.07) is 17.4. The molecule has 0 spiro atoms. The van der Waals surface area contributed by atoms with E-state index in [1.165, 1.54) is 32.4 Å². The second kappa shape index (κ2) is 27.0. The number of rotatable bonds is 17. The van der Waals surface area contributed by atoms with Crippen LogP contribution < -0.4 is 26.6 Å². The molecule has 2 fully saturated rings. The molecule has 3 aromatic carbocycles. The van der Waals surface area contributed by atoms with Crippen LogP contribution in [0.2, 0.25) is 0 Å². The first-order valence-electron chi connectivity index (χ1n) is 24.7. The first-order valence-corrected chi connectivity index (χ1v) is 24.7. The minimum atomic E-state index is -1.29. The van der Waals surface area contributed by atoms with Crippen LogP contribution in [0.3, 0.4) is 0 Å². The minimum Gasteiger partial charge on any atom is -0.492 e. The monoisotopic (exact) mass is 1020 g/mol. The number of likely N-dealkylation sites (N-methyl/N-ethyl adjacent to an activating group) is 2. The lowest BCUT2D eigenvalue weighted by Gasteiger charge is -2.28. The second-order valence-electron chi connectivity index (χ2n) is 18.2. The number of amides is 7. The van der Waals surface area contributed by atoms with Gasteiger partial charge in [-0.05, 0) is 92.4 Å². The van der Waals surface area contributed by atoms with Gasteiger partial charge in [-0.3, -0.25) is 24.1 Å². The third kappa shape index (κ3) is 15.5. The van der Waals surface area contributed by atoms with Gasteiger partial charge in [0.2, 0.25) is 29.6 Å². The first-order chi connectivity index (χ1) is 35.8. The number of ether oxygens (including phenoxy) is 4. The van der Waals surface area contributed by atoms with E-state index in [0.717, 1.165) is 36.3 Å². The van der Waals surface area contributed by atoms with Gasteiger partial charge < -0.3 is 55.2 Å². The fourth-order valence-corrected chi connectivity index (χ4v) is 8.53. The maximum atomic E-state index is 14.2. The van der Waals surface area contributed by atoms with E-state index in [9.17, 15) is 34.0 Å². The number of hydrogen-bond donors (Lipinski definition) is 5. The Morgan fingerprint density at radius 1 is 0.892 bits per heavy atom. The lowest BCUT2D eigenvalue weighted by Crippen LogP contribution is -2.53. The summed E-state index contributed by atoms with van der Waals surface area (Å²) in [6.45, 7) is 5.03. The smallest absolute Gasteiger partial charge is 0.409 e. The molecule has 74 heavy (non-hydrogen) atoms. The van der Waals surface area contributed by atoms with Crippen LogP contribution >= 0.6 is 0 Å². The van der Waals surface area contributed by atoms with Gasteiger partial charge in [-0.15, -0.1) is 0 Å². The van der Waals surface area contributed by atoms with E-state index in [0.29, 0.717) is 67.7 Å². The van der Waals surface area contributed by atoms with Crippen LogP contribution in [0.5, 0.6) is 5.75 Å². The largest absolute Gasteiger partial charge is 0.492 e. The number of likely N-dealkylation sites (tertiary alicyclic amines) is 2. The third-order valence-electron chi connectivity index (χ3n) is 12.6. The van der Waals surface area contributed by atoms with Crippen molar-refractivity contribution in [2.24, 2.45) is 15.7 Å². The summed E-state index contributed by atoms with van der Waals surface area (Å²) in [7, 11) is 3.19. The van der Waals surface area contributed by atoms with Gasteiger partial charge in [0.05, 0.1) is 50.8 Å². The maximum Gasteiger partial charge on any atom is 0.409 e. The van der Waals surface area contributed by atoms with E-state index >= 15 is 0 Å². The normalized spacial score (nSPS) is 17.7. The zero-order valence-electron chi connectivity index (χ0n) is 41.8. The average Bonchev–Trinajstić information content (AvgIpc) is 4.13. The van der Waals surface area contributed by atoms with E-state index in [2.05, 4.69) is 15.5 Å². The van der Waals surface area contributed by atoms with Crippen molar-refractivity contribution < 1.29 is 52.9 Å². The predicted octanol–water partition coefficient (Wildman–Crippen LogP) is 3.66. The molecule has 22 heteroatoms. The van der Waals surface area contributed by atoms with Gasteiger partial charge in [0.15, 0.2) is 0 Å². The Labute approximate surface area is 429 Å². The van der Waals surface area contributed by atoms with Crippen LogP contribution in [0.4, 0.5) is 21.0 Å². The Morgan fingerprint density at radius 2 is 1.65 bits per heavy atom. The average molecular weight is 1020 g/mol. The van der Waals surface area contributed by atoms with Gasteiger partial charge in [-0.2, -0.15) is 5.48 Å². The Morgan fingerprint density at radius 3 is 2.41 bits per heavy atom. The molecule has 0 saturated carbocycles. The quantitative estimate of drug-likeness (QED) is 0.0957. The molecule has 3 aromatic rings. The number of hydrogen-bond acceptors (Lipinski definition) is 15. The summed E-state index contributed by atoms with van der Waals surface area (Å²) in [6.07, 6.45) is 9.44. The maximum absolute atomic E-state index is 14.2. The number of benzene rings is 3. The number of carbonyl (C=O) groups excluding carboxylic acids is 6. The Hall–Kier alpha value is -7.50. The number of allylic oxidation sites excluding steroid dienone is 1. The topological polar surface area (TPSA) is 263 Å². The molecule has 6 bridgehead atoms. The Bertz CT molecular complexity index is 2600. The molecule has 4 aliphatic heterocycles. The van der Waals surface area contributed by atoms with Gasteiger partial charge in [0.1, 0.15) is 31.0 Å². The molecule has 7 rings (SSSR count). The molecule has 0 radical (unpaired) electrons. The highest BCUT2D eigenvalue weighted by Gasteiger charge is 2.37. The number of guanidine groups is 1. The molecule has 0 aromatic heterocycles. The number of urea groups is 1. The molecular weight excluding hydrogens is 955 g/mol. The molecule has 4 heterocycles. The van der Waals surface area contributed by atoms with Crippen molar-refractivity contribution >= 4 is 58.8 Å². The number of anilines is 1. The van der Waals surface area contributed by atoms with E-state index in [-0.39, 0.29) is 45.4 Å². The number of hydroxylamine groups is 1. The summed E-state index contributed by atoms with van der Waals surface area (Å²) in [5.74, 6) is -1.70. The molecule has 22 nitrogen and oxygen atoms in total. The van der Waals surface area contributed by atoms with Crippen molar-refractivity contribution in [3.05, 3.63) is 113 Å². The molecule has 2 atom stereocenters. The van der Waals surface area contributed by atoms with E-state index < -0.39 is 54.3 Å². The molecule has 0 aliphatic carbocycles. The van der Waals surface area contributed by atoms with Crippen LogP contribution in [0.1, 0.15) is 54.4 Å². The fraction of sp³-hybridized carbons (Fsp3) is 0.423. The molecule has 4 aliphatic rings. The molecular formula is C52H65N11O11. The second-order valence-corrected chi connectivity index (χ2v) is 18.2. The zero-order valence-corrected chi connectivity index (χ0v) is 41.8. The first kappa shape index (κ1) is 54.3. The third-order valence-corrected chi connectivity index (χ3v) is 12.6. The summed E-state index contributed by atoms with van der Waals surface area (Å²) < 4.78 is 23.8. The van der Waals surface area contributed by atoms with Crippen LogP contribution in [0.25, 0.3) is 0 Å². The number of aliphatic imine (C=N–C) groups is 2. The van der Waals surface area contributed by atoms with Crippen molar-refractivity contribution in [2.45, 2.75) is 64.0 Å². The van der Waals surface area contributed by atoms with Crippen LogP contribution in [-0.2, 0) is 53.2 Å². The summed E-state index contributed by atoms with van der Waals surface area (Å²) in [5, 5.41) is 14.6. The SMILES string of the molecule is CN(CCN(C)C(=O)N1C=CC2=NC1=Nc1ccc(OCCN3CCCC3)c(c1)COC/C=C/COCc1cccc2c1)C(=O)OCc1ccc(NC(=O)CNC(=O)C2CCCN2C(=O)C(CC(N)=O)NO)cc1. The fourth-order valence-electron chi connectivity index (χ4n) is 8.53. The number of nitrogens with one attached hydrogen (secondary N) is 3. The highest BCUT2D eigenvalue weighted by atomic mass is 16.6. The summed E-state index contributed by atoms with van der Waals surface area (Å²) in [4.78, 5) is 94.7. The van der Waals surface area contributed by atoms with Crippen molar-refractivity contribution in [3.8, 4) is 5.75 Å². The number of fused-ring (bicyclic) bond motifs is 6. The summed E-state index contributed by atoms with van der Waals surface area (Å²) >= 11 is 0. The van der Waals surface area contributed by atoms with E-state index in [1.807, 2.05) is 54.6 Å². The highest BCUT2D eigenvalue weighted by molar-refractivity contribution is 6.18. The standard InChI is InChI=1S/C52H65N11O11/c1-59(23-24-60(2)52(69)74-34-36-12-14-40(15-13-36)55-47(65)32-54-48(66)44-11-8-21-62(44)49(67)43(58-70)31-46(53)64)51(68)63-22-18-42-38-10-7-9-37(29-38)33-71-26-5-6-27-72-35-39-30-41(56-50(63)57-42)16-17-45(39)73-28-25-61-19-3-4-20-61/h5-7,9-10,12-18,22,29-30,43-44,58,70H,3-4,8,11,19-21,23-28,31-35H2,1-2H3,(H2,53,64)(H,54,66)(H,55,65)/b6-5+,56-50?. The number of nitrogens with two attached hydrogens (primary N) is 1. The van der Waals surface area contributed by atoms with Gasteiger partial charge >= 0.3 is 12.1 Å². The molecule has 2 unspecified atom stereocenters. The van der Waals surface area contributed by atoms with Gasteiger partial charge in [0.25, 0.3) is 0 Å². The van der Waals surface area contributed by atoms with E-state index in [1.54, 1.807) is 56.1 Å².